The topological polar surface area (TPSA) is 38.3 Å². The van der Waals surface area contributed by atoms with Crippen molar-refractivity contribution in [3.05, 3.63) is 65.7 Å². The molecule has 1 aliphatic heterocycles. The van der Waals surface area contributed by atoms with Crippen LogP contribution >= 0.6 is 0 Å². The second-order valence-electron chi connectivity index (χ2n) is 6.89. The van der Waals surface area contributed by atoms with Crippen molar-refractivity contribution in [2.75, 3.05) is 39.3 Å². The fourth-order valence-electron chi connectivity index (χ4n) is 3.52. The van der Waals surface area contributed by atoms with Gasteiger partial charge < -0.3 is 19.6 Å². The van der Waals surface area contributed by atoms with Gasteiger partial charge in [0, 0.05) is 0 Å². The van der Waals surface area contributed by atoms with Crippen molar-refractivity contribution in [2.24, 2.45) is 0 Å². The predicted octanol–water partition coefficient (Wildman–Crippen LogP) is 0.788. The van der Waals surface area contributed by atoms with E-state index in [1.807, 2.05) is 31.2 Å². The van der Waals surface area contributed by atoms with Gasteiger partial charge in [-0.3, -0.25) is 0 Å². The summed E-state index contributed by atoms with van der Waals surface area (Å²) in [6.45, 7) is 9.04. The van der Waals surface area contributed by atoms with Crippen LogP contribution in [-0.4, -0.2) is 44.4 Å². The number of piperazine rings is 1. The highest BCUT2D eigenvalue weighted by Gasteiger charge is 2.23. The van der Waals surface area contributed by atoms with Gasteiger partial charge >= 0.3 is 0 Å². The fraction of sp³-hybridized carbons (Fsp3) is 0.364. The number of benzene rings is 2. The third-order valence-corrected chi connectivity index (χ3v) is 5.00. The van der Waals surface area contributed by atoms with E-state index in [4.69, 9.17) is 4.74 Å². The van der Waals surface area contributed by atoms with Crippen molar-refractivity contribution in [2.45, 2.75) is 13.5 Å². The molecule has 1 heterocycles. The van der Waals surface area contributed by atoms with E-state index in [-0.39, 0.29) is 0 Å². The highest BCUT2D eigenvalue weighted by atomic mass is 16.5. The minimum Gasteiger partial charge on any atom is -0.504 e. The van der Waals surface area contributed by atoms with Crippen molar-refractivity contribution >= 4 is 6.08 Å². The summed E-state index contributed by atoms with van der Waals surface area (Å²) in [5.41, 5.74) is 2.25. The standard InChI is InChI=1S/C22H28N2O2/c1-2-26-21-12-6-11-20(22(21)25)18-24-16-14-23(15-17-24)13-7-10-19-8-4-3-5-9-19/h3-12,25H,2,13-18H2,1H3/p+2/b10-7+. The lowest BCUT2D eigenvalue weighted by atomic mass is 10.1. The van der Waals surface area contributed by atoms with Crippen LogP contribution in [0.2, 0.25) is 0 Å². The first-order valence-electron chi connectivity index (χ1n) is 9.58. The predicted molar refractivity (Wildman–Crippen MR) is 105 cm³/mol. The molecule has 0 spiro atoms. The molecule has 0 bridgehead atoms. The molecular formula is C22H30N2O2+2. The number of hydrogen-bond donors (Lipinski definition) is 3. The number of rotatable bonds is 7. The van der Waals surface area contributed by atoms with Crippen LogP contribution in [0.15, 0.2) is 54.6 Å². The molecule has 1 saturated heterocycles. The number of phenols is 1. The molecule has 4 heteroatoms. The Labute approximate surface area is 156 Å². The minimum atomic E-state index is 0.308. The van der Waals surface area contributed by atoms with Crippen molar-refractivity contribution in [3.8, 4) is 11.5 Å². The van der Waals surface area contributed by atoms with Crippen LogP contribution in [0.3, 0.4) is 0 Å². The maximum atomic E-state index is 10.4. The SMILES string of the molecule is CCOc1cccc(C[NH+]2CC[NH+](C/C=C/c3ccccc3)CC2)c1O. The van der Waals surface area contributed by atoms with E-state index in [0.717, 1.165) is 31.7 Å². The molecule has 0 aliphatic carbocycles. The van der Waals surface area contributed by atoms with Gasteiger partial charge in [0.25, 0.3) is 0 Å². The minimum absolute atomic E-state index is 0.308. The summed E-state index contributed by atoms with van der Waals surface area (Å²) >= 11 is 0. The van der Waals surface area contributed by atoms with Crippen LogP contribution in [0, 0.1) is 0 Å². The highest BCUT2D eigenvalue weighted by molar-refractivity contribution is 5.48. The van der Waals surface area contributed by atoms with Crippen LogP contribution < -0.4 is 14.5 Å². The van der Waals surface area contributed by atoms with Crippen LogP contribution in [-0.2, 0) is 6.54 Å². The van der Waals surface area contributed by atoms with Crippen LogP contribution in [0.4, 0.5) is 0 Å². The molecular weight excluding hydrogens is 324 g/mol. The van der Waals surface area contributed by atoms with E-state index in [9.17, 15) is 5.11 Å². The maximum absolute atomic E-state index is 10.4. The molecule has 26 heavy (non-hydrogen) atoms. The first-order chi connectivity index (χ1) is 12.8. The molecule has 0 unspecified atom stereocenters. The van der Waals surface area contributed by atoms with Gasteiger partial charge in [-0.25, -0.2) is 0 Å². The van der Waals surface area contributed by atoms with Crippen LogP contribution in [0.5, 0.6) is 11.5 Å². The third-order valence-electron chi connectivity index (χ3n) is 5.00. The number of hydrogen-bond acceptors (Lipinski definition) is 2. The first-order valence-corrected chi connectivity index (χ1v) is 9.58. The highest BCUT2D eigenvalue weighted by Crippen LogP contribution is 2.29. The molecule has 2 aromatic carbocycles. The second kappa shape index (κ2) is 9.41. The van der Waals surface area contributed by atoms with Gasteiger partial charge in [-0.05, 0) is 30.7 Å². The quantitative estimate of drug-likeness (QED) is 0.688. The molecule has 3 N–H and O–H groups in total. The van der Waals surface area contributed by atoms with Crippen molar-refractivity contribution in [3.63, 3.8) is 0 Å². The van der Waals surface area contributed by atoms with E-state index >= 15 is 0 Å². The Bertz CT molecular complexity index is 707. The zero-order valence-corrected chi connectivity index (χ0v) is 15.6. The summed E-state index contributed by atoms with van der Waals surface area (Å²) in [5, 5.41) is 10.4. The van der Waals surface area contributed by atoms with Gasteiger partial charge in [-0.2, -0.15) is 0 Å². The Kier molecular flexibility index (Phi) is 6.69. The Hall–Kier alpha value is -2.30. The van der Waals surface area contributed by atoms with Gasteiger partial charge in [0.2, 0.25) is 0 Å². The number of aromatic hydroxyl groups is 1. The molecule has 2 aromatic rings. The largest absolute Gasteiger partial charge is 0.504 e. The van der Waals surface area contributed by atoms with E-state index in [1.54, 1.807) is 4.90 Å². The van der Waals surface area contributed by atoms with E-state index in [2.05, 4.69) is 36.4 Å². The van der Waals surface area contributed by atoms with Gasteiger partial charge in [-0.1, -0.05) is 42.5 Å². The van der Waals surface area contributed by atoms with Crippen molar-refractivity contribution in [1.82, 2.24) is 0 Å². The lowest BCUT2D eigenvalue weighted by molar-refractivity contribution is -1.02. The van der Waals surface area contributed by atoms with Crippen LogP contribution in [0.1, 0.15) is 18.1 Å². The monoisotopic (exact) mass is 354 g/mol. The summed E-state index contributed by atoms with van der Waals surface area (Å²) in [6.07, 6.45) is 4.50. The molecule has 0 radical (unpaired) electrons. The Balaban J connectivity index is 1.47. The average molecular weight is 354 g/mol. The van der Waals surface area contributed by atoms with Crippen molar-refractivity contribution < 1.29 is 19.6 Å². The lowest BCUT2D eigenvalue weighted by Gasteiger charge is -2.29. The first kappa shape index (κ1) is 18.5. The number of para-hydroxylation sites is 1. The van der Waals surface area contributed by atoms with E-state index in [0.29, 0.717) is 18.1 Å². The Morgan fingerprint density at radius 3 is 2.42 bits per heavy atom. The normalized spacial score (nSPS) is 20.3. The summed E-state index contributed by atoms with van der Waals surface area (Å²) < 4.78 is 5.49. The Morgan fingerprint density at radius 1 is 0.962 bits per heavy atom. The second-order valence-corrected chi connectivity index (χ2v) is 6.89. The lowest BCUT2D eigenvalue weighted by Crippen LogP contribution is -3.27. The van der Waals surface area contributed by atoms with Crippen molar-refractivity contribution in [1.29, 1.82) is 0 Å². The molecule has 0 amide bonds. The van der Waals surface area contributed by atoms with Gasteiger partial charge in [0.1, 0.15) is 32.7 Å². The van der Waals surface area contributed by atoms with Gasteiger partial charge in [0.05, 0.1) is 18.7 Å². The molecule has 0 aromatic heterocycles. The average Bonchev–Trinajstić information content (AvgIpc) is 2.67. The van der Waals surface area contributed by atoms with E-state index in [1.165, 1.54) is 23.6 Å². The molecule has 1 fully saturated rings. The smallest absolute Gasteiger partial charge is 0.166 e. The maximum Gasteiger partial charge on any atom is 0.166 e. The number of quaternary nitrogens is 2. The van der Waals surface area contributed by atoms with Gasteiger partial charge in [0.15, 0.2) is 11.5 Å². The summed E-state index contributed by atoms with van der Waals surface area (Å²) in [5.74, 6) is 0.905. The summed E-state index contributed by atoms with van der Waals surface area (Å²) in [4.78, 5) is 3.16. The molecule has 0 atom stereocenters. The Morgan fingerprint density at radius 2 is 1.69 bits per heavy atom. The summed E-state index contributed by atoms with van der Waals surface area (Å²) in [6, 6.07) is 16.3. The van der Waals surface area contributed by atoms with Gasteiger partial charge in [-0.15, -0.1) is 0 Å². The third kappa shape index (κ3) is 5.10. The molecule has 1 aliphatic rings. The molecule has 3 rings (SSSR count). The zero-order chi connectivity index (χ0) is 18.2. The molecule has 0 saturated carbocycles. The number of ether oxygens (including phenoxy) is 1. The fourth-order valence-corrected chi connectivity index (χ4v) is 3.52. The number of nitrogens with one attached hydrogen (secondary N) is 2. The summed E-state index contributed by atoms with van der Waals surface area (Å²) in [7, 11) is 0. The van der Waals surface area contributed by atoms with E-state index < -0.39 is 0 Å². The number of phenolic OH excluding ortho intramolecular Hbond substituents is 1. The molecule has 4 nitrogen and oxygen atoms in total. The van der Waals surface area contributed by atoms with Crippen LogP contribution in [0.25, 0.3) is 6.08 Å². The molecule has 138 valence electrons. The zero-order valence-electron chi connectivity index (χ0n) is 15.6.